The van der Waals surface area contributed by atoms with Crippen molar-refractivity contribution in [3.8, 4) is 11.5 Å². The summed E-state index contributed by atoms with van der Waals surface area (Å²) in [6.45, 7) is 3.97. The molecule has 100 valence electrons. The molecule has 5 heteroatoms. The summed E-state index contributed by atoms with van der Waals surface area (Å²) in [4.78, 5) is 11.8. The molecule has 0 heterocycles. The van der Waals surface area contributed by atoms with Crippen molar-refractivity contribution < 1.29 is 19.7 Å². The molecule has 1 aromatic rings. The van der Waals surface area contributed by atoms with E-state index < -0.39 is 5.41 Å². The van der Waals surface area contributed by atoms with Gasteiger partial charge in [0.25, 0.3) is 5.91 Å². The van der Waals surface area contributed by atoms with Crippen LogP contribution in [0.1, 0.15) is 24.2 Å². The van der Waals surface area contributed by atoms with E-state index in [0.717, 1.165) is 0 Å². The first-order chi connectivity index (χ1) is 8.39. The molecule has 0 saturated heterocycles. The van der Waals surface area contributed by atoms with E-state index in [-0.39, 0.29) is 23.8 Å². The van der Waals surface area contributed by atoms with E-state index in [2.05, 4.69) is 5.32 Å². The fourth-order valence-electron chi connectivity index (χ4n) is 1.30. The van der Waals surface area contributed by atoms with Crippen LogP contribution >= 0.6 is 0 Å². The summed E-state index contributed by atoms with van der Waals surface area (Å²) in [7, 11) is 1.48. The molecule has 0 radical (unpaired) electrons. The molecule has 0 bridgehead atoms. The molecule has 0 aliphatic heterocycles. The molecule has 1 rings (SSSR count). The molecule has 18 heavy (non-hydrogen) atoms. The Kier molecular flexibility index (Phi) is 4.55. The number of benzene rings is 1. The standard InChI is InChI=1S/C13H19NO4/c1-13(2,8-15)7-14-12(17)10-5-4-9(18-3)6-11(10)16/h4-6,15-16H,7-8H2,1-3H3,(H,14,17). The maximum absolute atomic E-state index is 11.8. The van der Waals surface area contributed by atoms with Crippen molar-refractivity contribution in [3.63, 3.8) is 0 Å². The highest BCUT2D eigenvalue weighted by Crippen LogP contribution is 2.23. The molecule has 0 spiro atoms. The molecule has 1 amide bonds. The number of ether oxygens (including phenoxy) is 1. The zero-order valence-corrected chi connectivity index (χ0v) is 10.9. The fraction of sp³-hybridized carbons (Fsp3) is 0.462. The highest BCUT2D eigenvalue weighted by Gasteiger charge is 2.19. The van der Waals surface area contributed by atoms with E-state index in [1.165, 1.54) is 19.2 Å². The molecule has 0 atom stereocenters. The van der Waals surface area contributed by atoms with Gasteiger partial charge < -0.3 is 20.3 Å². The Hall–Kier alpha value is -1.75. The maximum Gasteiger partial charge on any atom is 0.255 e. The Morgan fingerprint density at radius 3 is 2.61 bits per heavy atom. The van der Waals surface area contributed by atoms with E-state index in [9.17, 15) is 9.90 Å². The number of methoxy groups -OCH3 is 1. The van der Waals surface area contributed by atoms with Crippen LogP contribution in [0, 0.1) is 5.41 Å². The number of hydrogen-bond donors (Lipinski definition) is 3. The molecule has 1 aromatic carbocycles. The number of rotatable bonds is 5. The van der Waals surface area contributed by atoms with Crippen molar-refractivity contribution in [1.29, 1.82) is 0 Å². The van der Waals surface area contributed by atoms with E-state index in [4.69, 9.17) is 9.84 Å². The summed E-state index contributed by atoms with van der Waals surface area (Å²) in [5.41, 5.74) is -0.206. The van der Waals surface area contributed by atoms with Gasteiger partial charge in [0.05, 0.1) is 12.7 Å². The summed E-state index contributed by atoms with van der Waals surface area (Å²) in [6.07, 6.45) is 0. The van der Waals surface area contributed by atoms with Crippen LogP contribution in [0.5, 0.6) is 11.5 Å². The Morgan fingerprint density at radius 2 is 2.11 bits per heavy atom. The van der Waals surface area contributed by atoms with Gasteiger partial charge in [-0.15, -0.1) is 0 Å². The van der Waals surface area contributed by atoms with E-state index in [1.807, 2.05) is 13.8 Å². The molecule has 0 aliphatic carbocycles. The van der Waals surface area contributed by atoms with Crippen LogP contribution in [-0.4, -0.2) is 36.4 Å². The smallest absolute Gasteiger partial charge is 0.255 e. The van der Waals surface area contributed by atoms with Gasteiger partial charge in [0, 0.05) is 24.6 Å². The molecule has 0 unspecified atom stereocenters. The number of carbonyl (C=O) groups is 1. The Labute approximate surface area is 106 Å². The molecule has 3 N–H and O–H groups in total. The zero-order chi connectivity index (χ0) is 13.8. The average molecular weight is 253 g/mol. The van der Waals surface area contributed by atoms with Crippen molar-refractivity contribution in [3.05, 3.63) is 23.8 Å². The molecular weight excluding hydrogens is 234 g/mol. The summed E-state index contributed by atoms with van der Waals surface area (Å²) in [5.74, 6) is -0.0231. The number of phenols is 1. The number of aliphatic hydroxyl groups excluding tert-OH is 1. The van der Waals surface area contributed by atoms with Crippen molar-refractivity contribution in [2.24, 2.45) is 5.41 Å². The van der Waals surface area contributed by atoms with Crippen LogP contribution in [0.4, 0.5) is 0 Å². The second kappa shape index (κ2) is 5.73. The van der Waals surface area contributed by atoms with Crippen LogP contribution in [-0.2, 0) is 0 Å². The summed E-state index contributed by atoms with van der Waals surface area (Å²) < 4.78 is 4.94. The predicted octanol–water partition coefficient (Wildman–Crippen LogP) is 1.15. The van der Waals surface area contributed by atoms with Crippen molar-refractivity contribution in [1.82, 2.24) is 5.32 Å². The minimum absolute atomic E-state index is 0.0259. The molecular formula is C13H19NO4. The van der Waals surface area contributed by atoms with E-state index in [0.29, 0.717) is 12.3 Å². The normalized spacial score (nSPS) is 11.1. The van der Waals surface area contributed by atoms with Crippen LogP contribution < -0.4 is 10.1 Å². The lowest BCUT2D eigenvalue weighted by Gasteiger charge is -2.21. The zero-order valence-electron chi connectivity index (χ0n) is 10.9. The number of aliphatic hydroxyl groups is 1. The van der Waals surface area contributed by atoms with Gasteiger partial charge in [-0.3, -0.25) is 4.79 Å². The number of phenolic OH excluding ortho intramolecular Hbond substituents is 1. The molecule has 5 nitrogen and oxygen atoms in total. The summed E-state index contributed by atoms with van der Waals surface area (Å²) in [6, 6.07) is 4.48. The SMILES string of the molecule is COc1ccc(C(=O)NCC(C)(C)CO)c(O)c1. The van der Waals surface area contributed by atoms with Crippen molar-refractivity contribution in [2.75, 3.05) is 20.3 Å². The van der Waals surface area contributed by atoms with Crippen LogP contribution in [0.15, 0.2) is 18.2 Å². The van der Waals surface area contributed by atoms with Gasteiger partial charge in [0.1, 0.15) is 11.5 Å². The second-order valence-electron chi connectivity index (χ2n) is 4.89. The first kappa shape index (κ1) is 14.3. The van der Waals surface area contributed by atoms with Gasteiger partial charge in [-0.2, -0.15) is 0 Å². The number of nitrogens with one attached hydrogen (secondary N) is 1. The predicted molar refractivity (Wildman–Crippen MR) is 67.9 cm³/mol. The van der Waals surface area contributed by atoms with Crippen LogP contribution in [0.2, 0.25) is 0 Å². The van der Waals surface area contributed by atoms with Crippen molar-refractivity contribution in [2.45, 2.75) is 13.8 Å². The highest BCUT2D eigenvalue weighted by atomic mass is 16.5. The van der Waals surface area contributed by atoms with Gasteiger partial charge in [0.2, 0.25) is 0 Å². The second-order valence-corrected chi connectivity index (χ2v) is 4.89. The Bertz CT molecular complexity index is 429. The Balaban J connectivity index is 2.73. The quantitative estimate of drug-likeness (QED) is 0.735. The first-order valence-electron chi connectivity index (χ1n) is 5.66. The lowest BCUT2D eigenvalue weighted by molar-refractivity contribution is 0.0908. The van der Waals surface area contributed by atoms with Gasteiger partial charge in [0.15, 0.2) is 0 Å². The van der Waals surface area contributed by atoms with Gasteiger partial charge in [-0.1, -0.05) is 13.8 Å². The minimum Gasteiger partial charge on any atom is -0.507 e. The van der Waals surface area contributed by atoms with E-state index in [1.54, 1.807) is 6.07 Å². The third-order valence-electron chi connectivity index (χ3n) is 2.61. The summed E-state index contributed by atoms with van der Waals surface area (Å²) >= 11 is 0. The summed E-state index contributed by atoms with van der Waals surface area (Å²) in [5, 5.41) is 21.4. The highest BCUT2D eigenvalue weighted by molar-refractivity contribution is 5.97. The number of amides is 1. The lowest BCUT2D eigenvalue weighted by Crippen LogP contribution is -2.36. The fourth-order valence-corrected chi connectivity index (χ4v) is 1.30. The monoisotopic (exact) mass is 253 g/mol. The van der Waals surface area contributed by atoms with Crippen LogP contribution in [0.3, 0.4) is 0 Å². The third kappa shape index (κ3) is 3.63. The van der Waals surface area contributed by atoms with Gasteiger partial charge >= 0.3 is 0 Å². The number of carbonyl (C=O) groups excluding carboxylic acids is 1. The Morgan fingerprint density at radius 1 is 1.44 bits per heavy atom. The first-order valence-corrected chi connectivity index (χ1v) is 5.66. The van der Waals surface area contributed by atoms with E-state index >= 15 is 0 Å². The van der Waals surface area contributed by atoms with Gasteiger partial charge in [-0.25, -0.2) is 0 Å². The van der Waals surface area contributed by atoms with Crippen molar-refractivity contribution >= 4 is 5.91 Å². The minimum atomic E-state index is -0.391. The third-order valence-corrected chi connectivity index (χ3v) is 2.61. The molecule has 0 fully saturated rings. The largest absolute Gasteiger partial charge is 0.507 e. The topological polar surface area (TPSA) is 78.8 Å². The van der Waals surface area contributed by atoms with Crippen LogP contribution in [0.25, 0.3) is 0 Å². The average Bonchev–Trinajstić information content (AvgIpc) is 2.36. The molecule has 0 saturated carbocycles. The number of hydrogen-bond acceptors (Lipinski definition) is 4. The lowest BCUT2D eigenvalue weighted by atomic mass is 9.95. The van der Waals surface area contributed by atoms with Gasteiger partial charge in [-0.05, 0) is 12.1 Å². The maximum atomic E-state index is 11.8. The molecule has 0 aliphatic rings. The molecule has 0 aromatic heterocycles. The number of aromatic hydroxyl groups is 1.